The van der Waals surface area contributed by atoms with Gasteiger partial charge in [-0.3, -0.25) is 4.98 Å². The van der Waals surface area contributed by atoms with Gasteiger partial charge in [-0.05, 0) is 84.9 Å². The van der Waals surface area contributed by atoms with Gasteiger partial charge in [-0.2, -0.15) is 0 Å². The molecule has 0 saturated heterocycles. The molecule has 144 valence electrons. The summed E-state index contributed by atoms with van der Waals surface area (Å²) in [6, 6.07) is 2.17. The Kier molecular flexibility index (Phi) is 5.48. The summed E-state index contributed by atoms with van der Waals surface area (Å²) >= 11 is 0. The fourth-order valence-corrected chi connectivity index (χ4v) is 5.97. The standard InChI is InChI=1S/C23H36N2O/c1-6-26-18-13-17(14-25-15-18)21-8-7-20-16(2)19(9-10-23(20,21)5)22(3,4)11-12-24/h8,13-16,19-20H,6-7,9-12,24H2,1-5H3. The average Bonchev–Trinajstić information content (AvgIpc) is 2.93. The Labute approximate surface area is 159 Å². The van der Waals surface area contributed by atoms with Crippen molar-refractivity contribution >= 4 is 5.57 Å². The molecule has 1 saturated carbocycles. The minimum absolute atomic E-state index is 0.251. The minimum atomic E-state index is 0.251. The molecule has 0 aromatic carbocycles. The zero-order chi connectivity index (χ0) is 18.9. The van der Waals surface area contributed by atoms with Crippen LogP contribution in [0.5, 0.6) is 5.75 Å². The molecule has 1 fully saturated rings. The van der Waals surface area contributed by atoms with E-state index >= 15 is 0 Å². The summed E-state index contributed by atoms with van der Waals surface area (Å²) < 4.78 is 5.68. The highest BCUT2D eigenvalue weighted by atomic mass is 16.5. The highest BCUT2D eigenvalue weighted by Crippen LogP contribution is 2.61. The Hall–Kier alpha value is -1.35. The van der Waals surface area contributed by atoms with Gasteiger partial charge in [0.15, 0.2) is 0 Å². The van der Waals surface area contributed by atoms with Crippen LogP contribution in [0.4, 0.5) is 0 Å². The molecule has 0 aliphatic heterocycles. The molecule has 26 heavy (non-hydrogen) atoms. The average molecular weight is 357 g/mol. The van der Waals surface area contributed by atoms with Crippen molar-refractivity contribution in [3.8, 4) is 5.75 Å². The molecule has 0 amide bonds. The number of aromatic nitrogens is 1. The molecule has 3 rings (SSSR count). The van der Waals surface area contributed by atoms with Crippen LogP contribution in [0.3, 0.4) is 0 Å². The van der Waals surface area contributed by atoms with Gasteiger partial charge in [-0.15, -0.1) is 0 Å². The predicted molar refractivity (Wildman–Crippen MR) is 109 cm³/mol. The van der Waals surface area contributed by atoms with Crippen LogP contribution in [0.1, 0.15) is 65.9 Å². The molecule has 1 aromatic rings. The molecule has 2 aliphatic rings. The van der Waals surface area contributed by atoms with Gasteiger partial charge in [0.25, 0.3) is 0 Å². The van der Waals surface area contributed by atoms with Gasteiger partial charge in [0.2, 0.25) is 0 Å². The van der Waals surface area contributed by atoms with Crippen LogP contribution < -0.4 is 10.5 Å². The van der Waals surface area contributed by atoms with Gasteiger partial charge in [0.1, 0.15) is 5.75 Å². The van der Waals surface area contributed by atoms with Crippen molar-refractivity contribution in [1.29, 1.82) is 0 Å². The monoisotopic (exact) mass is 356 g/mol. The molecule has 4 atom stereocenters. The molecule has 1 aromatic heterocycles. The second-order valence-electron chi connectivity index (χ2n) is 9.25. The van der Waals surface area contributed by atoms with Crippen LogP contribution in [0, 0.1) is 28.6 Å². The first-order chi connectivity index (χ1) is 12.3. The van der Waals surface area contributed by atoms with Crippen molar-refractivity contribution < 1.29 is 4.74 Å². The molecule has 3 nitrogen and oxygen atoms in total. The van der Waals surface area contributed by atoms with Crippen LogP contribution in [0.25, 0.3) is 5.57 Å². The van der Waals surface area contributed by atoms with E-state index < -0.39 is 0 Å². The topological polar surface area (TPSA) is 48.1 Å². The normalized spacial score (nSPS) is 31.5. The van der Waals surface area contributed by atoms with Crippen molar-refractivity contribution in [2.45, 2.75) is 60.3 Å². The highest BCUT2D eigenvalue weighted by Gasteiger charge is 2.51. The summed E-state index contributed by atoms with van der Waals surface area (Å²) in [4.78, 5) is 4.43. The molecule has 3 heteroatoms. The Bertz CT molecular complexity index is 666. The summed E-state index contributed by atoms with van der Waals surface area (Å²) in [5.41, 5.74) is 9.21. The van der Waals surface area contributed by atoms with Crippen molar-refractivity contribution in [3.05, 3.63) is 30.1 Å². The third-order valence-corrected chi connectivity index (χ3v) is 7.38. The molecule has 2 aliphatic carbocycles. The Morgan fingerprint density at radius 3 is 2.81 bits per heavy atom. The van der Waals surface area contributed by atoms with Crippen LogP contribution >= 0.6 is 0 Å². The number of fused-ring (bicyclic) bond motifs is 1. The lowest BCUT2D eigenvalue weighted by atomic mass is 9.53. The van der Waals surface area contributed by atoms with E-state index in [1.165, 1.54) is 30.4 Å². The van der Waals surface area contributed by atoms with E-state index in [-0.39, 0.29) is 5.41 Å². The maximum atomic E-state index is 5.91. The number of nitrogens with two attached hydrogens (primary N) is 1. The predicted octanol–water partition coefficient (Wildman–Crippen LogP) is 5.31. The van der Waals surface area contributed by atoms with E-state index in [0.29, 0.717) is 23.9 Å². The summed E-state index contributed by atoms with van der Waals surface area (Å²) in [5, 5.41) is 0. The smallest absolute Gasteiger partial charge is 0.138 e. The zero-order valence-corrected chi connectivity index (χ0v) is 17.2. The summed E-state index contributed by atoms with van der Waals surface area (Å²) in [6.07, 6.45) is 11.1. The second-order valence-corrected chi connectivity index (χ2v) is 9.25. The minimum Gasteiger partial charge on any atom is -0.492 e. The van der Waals surface area contributed by atoms with E-state index in [4.69, 9.17) is 10.5 Å². The fraction of sp³-hybridized carbons (Fsp3) is 0.696. The lowest BCUT2D eigenvalue weighted by Gasteiger charge is -2.51. The first-order valence-electron chi connectivity index (χ1n) is 10.3. The number of allylic oxidation sites excluding steroid dienone is 2. The molecule has 0 spiro atoms. The van der Waals surface area contributed by atoms with E-state index in [1.54, 1.807) is 0 Å². The van der Waals surface area contributed by atoms with Gasteiger partial charge in [-0.1, -0.05) is 33.8 Å². The van der Waals surface area contributed by atoms with Gasteiger partial charge in [0.05, 0.1) is 12.8 Å². The van der Waals surface area contributed by atoms with E-state index in [9.17, 15) is 0 Å². The number of ether oxygens (including phenoxy) is 1. The maximum Gasteiger partial charge on any atom is 0.138 e. The maximum absolute atomic E-state index is 5.91. The van der Waals surface area contributed by atoms with Gasteiger partial charge < -0.3 is 10.5 Å². The van der Waals surface area contributed by atoms with Crippen LogP contribution in [0.15, 0.2) is 24.5 Å². The Morgan fingerprint density at radius 1 is 1.35 bits per heavy atom. The van der Waals surface area contributed by atoms with Crippen molar-refractivity contribution in [1.82, 2.24) is 4.98 Å². The van der Waals surface area contributed by atoms with Crippen molar-refractivity contribution in [2.75, 3.05) is 13.2 Å². The summed E-state index contributed by atoms with van der Waals surface area (Å²) in [7, 11) is 0. The third kappa shape index (κ3) is 3.31. The van der Waals surface area contributed by atoms with Crippen LogP contribution in [-0.4, -0.2) is 18.1 Å². The van der Waals surface area contributed by atoms with Gasteiger partial charge in [-0.25, -0.2) is 0 Å². The summed E-state index contributed by atoms with van der Waals surface area (Å²) in [6.45, 7) is 13.3. The molecule has 2 N–H and O–H groups in total. The zero-order valence-electron chi connectivity index (χ0n) is 17.2. The van der Waals surface area contributed by atoms with Crippen LogP contribution in [0.2, 0.25) is 0 Å². The molecule has 0 bridgehead atoms. The number of rotatable bonds is 6. The quantitative estimate of drug-likeness (QED) is 0.751. The fourth-order valence-electron chi connectivity index (χ4n) is 5.97. The van der Waals surface area contributed by atoms with E-state index in [1.807, 2.05) is 19.3 Å². The first kappa shape index (κ1) is 19.4. The SMILES string of the molecule is CCOc1cncc(C2=CCC3C(C)C(C(C)(C)CCN)CCC23C)c1. The van der Waals surface area contributed by atoms with Crippen molar-refractivity contribution in [2.24, 2.45) is 34.3 Å². The summed E-state index contributed by atoms with van der Waals surface area (Å²) in [5.74, 6) is 3.06. The van der Waals surface area contributed by atoms with E-state index in [0.717, 1.165) is 24.6 Å². The Morgan fingerprint density at radius 2 is 2.12 bits per heavy atom. The first-order valence-corrected chi connectivity index (χ1v) is 10.3. The molecule has 0 radical (unpaired) electrons. The number of pyridine rings is 1. The van der Waals surface area contributed by atoms with Crippen molar-refractivity contribution in [3.63, 3.8) is 0 Å². The molecular formula is C23H36N2O. The molecule has 4 unspecified atom stereocenters. The van der Waals surface area contributed by atoms with Crippen LogP contribution in [-0.2, 0) is 0 Å². The number of hydrogen-bond donors (Lipinski definition) is 1. The molecule has 1 heterocycles. The number of hydrogen-bond acceptors (Lipinski definition) is 3. The Balaban J connectivity index is 1.84. The third-order valence-electron chi connectivity index (χ3n) is 7.38. The van der Waals surface area contributed by atoms with Gasteiger partial charge in [0, 0.05) is 6.20 Å². The lowest BCUT2D eigenvalue weighted by molar-refractivity contribution is 0.00769. The lowest BCUT2D eigenvalue weighted by Crippen LogP contribution is -2.44. The van der Waals surface area contributed by atoms with E-state index in [2.05, 4.69) is 44.8 Å². The molecular weight excluding hydrogens is 320 g/mol. The number of nitrogens with zero attached hydrogens (tertiary/aromatic N) is 1. The van der Waals surface area contributed by atoms with Gasteiger partial charge >= 0.3 is 0 Å². The largest absolute Gasteiger partial charge is 0.492 e. The highest BCUT2D eigenvalue weighted by molar-refractivity contribution is 5.73. The second kappa shape index (κ2) is 7.34.